The number of hydrogen-bond acceptors (Lipinski definition) is 4. The van der Waals surface area contributed by atoms with Gasteiger partial charge in [-0.3, -0.25) is 4.31 Å². The summed E-state index contributed by atoms with van der Waals surface area (Å²) < 4.78 is 39.2. The van der Waals surface area contributed by atoms with Gasteiger partial charge in [0.15, 0.2) is 0 Å². The van der Waals surface area contributed by atoms with E-state index in [4.69, 9.17) is 5.11 Å². The Bertz CT molecular complexity index is 798. The third-order valence-corrected chi connectivity index (χ3v) is 5.97. The van der Waals surface area contributed by atoms with Crippen LogP contribution in [0.1, 0.15) is 14.5 Å². The second kappa shape index (κ2) is 5.45. The summed E-state index contributed by atoms with van der Waals surface area (Å²) in [6.45, 7) is 1.53. The lowest BCUT2D eigenvalue weighted by molar-refractivity contribution is 0.0702. The van der Waals surface area contributed by atoms with Crippen molar-refractivity contribution in [3.05, 3.63) is 45.9 Å². The number of carboxylic acid groups (broad SMARTS) is 1. The summed E-state index contributed by atoms with van der Waals surface area (Å²) in [4.78, 5) is 11.2. The largest absolute Gasteiger partial charge is 0.477 e. The fraction of sp³-hybridized carbons (Fsp3) is 0.154. The molecular weight excluding hydrogens is 317 g/mol. The van der Waals surface area contributed by atoms with Crippen LogP contribution in [0.25, 0.3) is 0 Å². The maximum atomic E-state index is 13.2. The number of aromatic carboxylic acids is 1. The Morgan fingerprint density at radius 1 is 1.33 bits per heavy atom. The number of carboxylic acids is 1. The lowest BCUT2D eigenvalue weighted by Crippen LogP contribution is -2.26. The molecule has 0 unspecified atom stereocenters. The van der Waals surface area contributed by atoms with Crippen molar-refractivity contribution in [3.63, 3.8) is 0 Å². The van der Waals surface area contributed by atoms with Gasteiger partial charge in [0.1, 0.15) is 15.6 Å². The highest BCUT2D eigenvalue weighted by atomic mass is 32.2. The van der Waals surface area contributed by atoms with Gasteiger partial charge in [-0.25, -0.2) is 17.6 Å². The van der Waals surface area contributed by atoms with E-state index in [1.807, 2.05) is 0 Å². The summed E-state index contributed by atoms with van der Waals surface area (Å²) in [6, 6.07) is 6.29. The topological polar surface area (TPSA) is 74.7 Å². The molecule has 8 heteroatoms. The van der Waals surface area contributed by atoms with E-state index in [1.165, 1.54) is 32.2 Å². The Kier molecular flexibility index (Phi) is 4.02. The van der Waals surface area contributed by atoms with E-state index >= 15 is 0 Å². The van der Waals surface area contributed by atoms with Gasteiger partial charge in [0.05, 0.1) is 5.69 Å². The van der Waals surface area contributed by atoms with Gasteiger partial charge in [0, 0.05) is 11.9 Å². The lowest BCUT2D eigenvalue weighted by atomic mass is 10.3. The summed E-state index contributed by atoms with van der Waals surface area (Å²) in [5.74, 6) is -1.74. The zero-order valence-electron chi connectivity index (χ0n) is 11.2. The number of hydrogen-bond donors (Lipinski definition) is 1. The molecule has 1 N–H and O–H groups in total. The Morgan fingerprint density at radius 2 is 2.00 bits per heavy atom. The van der Waals surface area contributed by atoms with Crippen molar-refractivity contribution < 1.29 is 22.7 Å². The molecule has 1 aromatic heterocycles. The number of benzene rings is 1. The molecule has 21 heavy (non-hydrogen) atoms. The molecule has 1 heterocycles. The van der Waals surface area contributed by atoms with Gasteiger partial charge in [-0.1, -0.05) is 6.07 Å². The van der Waals surface area contributed by atoms with Gasteiger partial charge in [-0.2, -0.15) is 0 Å². The monoisotopic (exact) mass is 329 g/mol. The second-order valence-corrected chi connectivity index (χ2v) is 7.48. The molecule has 0 saturated heterocycles. The summed E-state index contributed by atoms with van der Waals surface area (Å²) >= 11 is 0.886. The number of rotatable bonds is 4. The molecule has 2 rings (SSSR count). The van der Waals surface area contributed by atoms with E-state index in [1.54, 1.807) is 0 Å². The van der Waals surface area contributed by atoms with Gasteiger partial charge in [-0.15, -0.1) is 11.3 Å². The number of halogens is 1. The minimum atomic E-state index is -3.94. The first-order valence-electron chi connectivity index (χ1n) is 5.81. The van der Waals surface area contributed by atoms with Gasteiger partial charge in [0.2, 0.25) is 0 Å². The molecule has 0 fully saturated rings. The predicted molar refractivity (Wildman–Crippen MR) is 78.0 cm³/mol. The Hall–Kier alpha value is -1.93. The van der Waals surface area contributed by atoms with E-state index in [0.717, 1.165) is 27.8 Å². The number of nitrogens with zero attached hydrogens (tertiary/aromatic N) is 1. The Labute approximate surface area is 125 Å². The normalized spacial score (nSPS) is 11.4. The number of anilines is 1. The molecule has 0 aliphatic rings. The van der Waals surface area contributed by atoms with Crippen molar-refractivity contribution in [3.8, 4) is 0 Å². The second-order valence-electron chi connectivity index (χ2n) is 4.29. The van der Waals surface area contributed by atoms with Gasteiger partial charge < -0.3 is 5.11 Å². The highest BCUT2D eigenvalue weighted by Gasteiger charge is 2.26. The lowest BCUT2D eigenvalue weighted by Gasteiger charge is -2.19. The Morgan fingerprint density at radius 3 is 2.52 bits per heavy atom. The average Bonchev–Trinajstić information content (AvgIpc) is 2.81. The highest BCUT2D eigenvalue weighted by Crippen LogP contribution is 2.30. The van der Waals surface area contributed by atoms with Crippen LogP contribution in [0, 0.1) is 12.7 Å². The standard InChI is InChI=1S/C13H12FNO4S2/c1-8-12(7-11(20-8)13(16)17)21(18,19)15(2)10-5-3-4-9(14)6-10/h3-7H,1-2H3,(H,16,17). The van der Waals surface area contributed by atoms with Gasteiger partial charge in [-0.05, 0) is 31.2 Å². The van der Waals surface area contributed by atoms with Gasteiger partial charge in [0.25, 0.3) is 10.0 Å². The van der Waals surface area contributed by atoms with E-state index in [9.17, 15) is 17.6 Å². The van der Waals surface area contributed by atoms with E-state index in [2.05, 4.69) is 0 Å². The summed E-state index contributed by atoms with van der Waals surface area (Å²) in [7, 11) is -2.65. The van der Waals surface area contributed by atoms with Crippen LogP contribution in [-0.2, 0) is 10.0 Å². The van der Waals surface area contributed by atoms with Crippen molar-refractivity contribution in [2.24, 2.45) is 0 Å². The molecule has 112 valence electrons. The Balaban J connectivity index is 2.49. The first-order chi connectivity index (χ1) is 9.73. The molecule has 0 aliphatic carbocycles. The van der Waals surface area contributed by atoms with Crippen LogP contribution in [0.2, 0.25) is 0 Å². The van der Waals surface area contributed by atoms with Crippen LogP contribution in [0.5, 0.6) is 0 Å². The van der Waals surface area contributed by atoms with Crippen molar-refractivity contribution in [2.75, 3.05) is 11.4 Å². The zero-order valence-corrected chi connectivity index (χ0v) is 12.8. The molecule has 5 nitrogen and oxygen atoms in total. The first kappa shape index (κ1) is 15.5. The first-order valence-corrected chi connectivity index (χ1v) is 8.07. The molecule has 1 aromatic carbocycles. The van der Waals surface area contributed by atoms with Crippen LogP contribution in [0.3, 0.4) is 0 Å². The fourth-order valence-electron chi connectivity index (χ4n) is 1.79. The third-order valence-electron chi connectivity index (χ3n) is 2.89. The highest BCUT2D eigenvalue weighted by molar-refractivity contribution is 7.93. The van der Waals surface area contributed by atoms with Crippen LogP contribution in [-0.4, -0.2) is 26.5 Å². The SMILES string of the molecule is Cc1sc(C(=O)O)cc1S(=O)(=O)N(C)c1cccc(F)c1. The van der Waals surface area contributed by atoms with Crippen molar-refractivity contribution >= 4 is 33.0 Å². The summed E-state index contributed by atoms with van der Waals surface area (Å²) in [5, 5.41) is 8.93. The summed E-state index contributed by atoms with van der Waals surface area (Å²) in [6.07, 6.45) is 0. The minimum absolute atomic E-state index is 0.0567. The average molecular weight is 329 g/mol. The van der Waals surface area contributed by atoms with Crippen LogP contribution >= 0.6 is 11.3 Å². The molecule has 0 saturated carbocycles. The quantitative estimate of drug-likeness (QED) is 0.936. The number of thiophene rings is 1. The van der Waals surface area contributed by atoms with E-state index in [0.29, 0.717) is 4.88 Å². The molecule has 0 aliphatic heterocycles. The molecule has 0 spiro atoms. The van der Waals surface area contributed by atoms with Crippen molar-refractivity contribution in [2.45, 2.75) is 11.8 Å². The van der Waals surface area contributed by atoms with E-state index < -0.39 is 21.8 Å². The van der Waals surface area contributed by atoms with E-state index in [-0.39, 0.29) is 15.5 Å². The van der Waals surface area contributed by atoms with Crippen LogP contribution in [0.15, 0.2) is 35.2 Å². The van der Waals surface area contributed by atoms with Crippen LogP contribution in [0.4, 0.5) is 10.1 Å². The molecule has 2 aromatic rings. The zero-order chi connectivity index (χ0) is 15.8. The van der Waals surface area contributed by atoms with Crippen molar-refractivity contribution in [1.82, 2.24) is 0 Å². The van der Waals surface area contributed by atoms with Gasteiger partial charge >= 0.3 is 5.97 Å². The molecular formula is C13H12FNO4S2. The number of sulfonamides is 1. The fourth-order valence-corrected chi connectivity index (χ4v) is 4.37. The summed E-state index contributed by atoms with van der Waals surface area (Å²) in [5.41, 5.74) is 0.164. The minimum Gasteiger partial charge on any atom is -0.477 e. The molecule has 0 amide bonds. The molecule has 0 bridgehead atoms. The smallest absolute Gasteiger partial charge is 0.345 e. The maximum absolute atomic E-state index is 13.2. The molecule has 0 atom stereocenters. The third kappa shape index (κ3) is 2.91. The maximum Gasteiger partial charge on any atom is 0.345 e. The predicted octanol–water partition coefficient (Wildman–Crippen LogP) is 2.72. The number of carbonyl (C=O) groups is 1. The van der Waals surface area contributed by atoms with Crippen molar-refractivity contribution in [1.29, 1.82) is 0 Å². The molecule has 0 radical (unpaired) electrons. The number of aryl methyl sites for hydroxylation is 1. The van der Waals surface area contributed by atoms with Crippen LogP contribution < -0.4 is 4.31 Å².